The van der Waals surface area contributed by atoms with E-state index in [0.717, 1.165) is 6.42 Å². The number of oxazole rings is 1. The minimum Gasteiger partial charge on any atom is -0.437 e. The van der Waals surface area contributed by atoms with Crippen molar-refractivity contribution in [1.29, 1.82) is 0 Å². The molecule has 0 radical (unpaired) electrons. The van der Waals surface area contributed by atoms with Gasteiger partial charge in [-0.15, -0.1) is 0 Å². The molecule has 8 heteroatoms. The lowest BCUT2D eigenvalue weighted by molar-refractivity contribution is 0.531. The van der Waals surface area contributed by atoms with Crippen LogP contribution in [0.1, 0.15) is 24.9 Å². The van der Waals surface area contributed by atoms with Crippen molar-refractivity contribution in [1.82, 2.24) is 24.5 Å². The van der Waals surface area contributed by atoms with Gasteiger partial charge < -0.3 is 9.40 Å². The van der Waals surface area contributed by atoms with Crippen LogP contribution in [-0.4, -0.2) is 24.5 Å². The summed E-state index contributed by atoms with van der Waals surface area (Å²) in [5, 5.41) is 0. The number of rotatable bonds is 3. The highest BCUT2D eigenvalue weighted by Gasteiger charge is 2.17. The van der Waals surface area contributed by atoms with E-state index < -0.39 is 11.2 Å². The van der Waals surface area contributed by atoms with Gasteiger partial charge in [-0.3, -0.25) is 14.3 Å². The first-order valence-electron chi connectivity index (χ1n) is 6.68. The normalized spacial score (nSPS) is 11.4. The van der Waals surface area contributed by atoms with Crippen LogP contribution in [-0.2, 0) is 6.54 Å². The number of aryl methyl sites for hydroxylation is 3. The van der Waals surface area contributed by atoms with E-state index in [1.807, 2.05) is 6.92 Å². The van der Waals surface area contributed by atoms with Gasteiger partial charge in [-0.05, 0) is 13.3 Å². The van der Waals surface area contributed by atoms with Crippen LogP contribution >= 0.6 is 0 Å². The van der Waals surface area contributed by atoms with Gasteiger partial charge in [0.15, 0.2) is 23.1 Å². The number of nitrogens with zero attached hydrogens (tertiary/aromatic N) is 3. The Morgan fingerprint density at radius 1 is 1.19 bits per heavy atom. The summed E-state index contributed by atoms with van der Waals surface area (Å²) in [4.78, 5) is 37.5. The van der Waals surface area contributed by atoms with Crippen LogP contribution in [0.3, 0.4) is 0 Å². The third-order valence-electron chi connectivity index (χ3n) is 3.20. The summed E-state index contributed by atoms with van der Waals surface area (Å²) in [6.07, 6.45) is 0.754. The first kappa shape index (κ1) is 13.3. The molecule has 0 aromatic carbocycles. The molecule has 0 aliphatic rings. The molecule has 0 saturated heterocycles. The van der Waals surface area contributed by atoms with Gasteiger partial charge in [-0.2, -0.15) is 0 Å². The average Bonchev–Trinajstić information content (AvgIpc) is 2.98. The second-order valence-corrected chi connectivity index (χ2v) is 4.84. The summed E-state index contributed by atoms with van der Waals surface area (Å²) in [5.41, 5.74) is 0.306. The van der Waals surface area contributed by atoms with Crippen LogP contribution in [0, 0.1) is 13.8 Å². The topological polar surface area (TPSA) is 110 Å². The van der Waals surface area contributed by atoms with Gasteiger partial charge in [0.05, 0.1) is 5.69 Å². The van der Waals surface area contributed by atoms with Crippen molar-refractivity contribution in [3.05, 3.63) is 32.4 Å². The molecule has 3 aromatic heterocycles. The van der Waals surface area contributed by atoms with E-state index in [4.69, 9.17) is 4.42 Å². The first-order valence-corrected chi connectivity index (χ1v) is 6.68. The maximum Gasteiger partial charge on any atom is 0.330 e. The van der Waals surface area contributed by atoms with E-state index in [1.54, 1.807) is 13.8 Å². The monoisotopic (exact) mass is 289 g/mol. The van der Waals surface area contributed by atoms with E-state index in [1.165, 1.54) is 4.57 Å². The first-order chi connectivity index (χ1) is 10.0. The molecule has 3 heterocycles. The quantitative estimate of drug-likeness (QED) is 0.750. The lowest BCUT2D eigenvalue weighted by Gasteiger charge is -2.02. The molecule has 0 aliphatic heterocycles. The number of hydrogen-bond donors (Lipinski definition) is 2. The van der Waals surface area contributed by atoms with E-state index in [0.29, 0.717) is 35.4 Å². The molecule has 2 N–H and O–H groups in total. The molecule has 0 aliphatic carbocycles. The summed E-state index contributed by atoms with van der Waals surface area (Å²) >= 11 is 0. The van der Waals surface area contributed by atoms with Crippen molar-refractivity contribution in [3.63, 3.8) is 0 Å². The van der Waals surface area contributed by atoms with Crippen LogP contribution in [0.15, 0.2) is 14.0 Å². The highest BCUT2D eigenvalue weighted by atomic mass is 16.4. The van der Waals surface area contributed by atoms with Crippen LogP contribution in [0.2, 0.25) is 0 Å². The zero-order chi connectivity index (χ0) is 15.1. The van der Waals surface area contributed by atoms with Crippen molar-refractivity contribution in [3.8, 4) is 11.6 Å². The number of aromatic nitrogens is 5. The van der Waals surface area contributed by atoms with Gasteiger partial charge >= 0.3 is 5.69 Å². The lowest BCUT2D eigenvalue weighted by Crippen LogP contribution is -2.30. The van der Waals surface area contributed by atoms with Crippen LogP contribution < -0.4 is 11.2 Å². The lowest BCUT2D eigenvalue weighted by atomic mass is 10.3. The van der Waals surface area contributed by atoms with Gasteiger partial charge in [0.25, 0.3) is 5.56 Å². The number of fused-ring (bicyclic) bond motifs is 1. The Labute approximate surface area is 118 Å². The van der Waals surface area contributed by atoms with Crippen molar-refractivity contribution in [2.75, 3.05) is 0 Å². The molecule has 0 bridgehead atoms. The predicted molar refractivity (Wildman–Crippen MR) is 76.2 cm³/mol. The average molecular weight is 289 g/mol. The minimum absolute atomic E-state index is 0.256. The summed E-state index contributed by atoms with van der Waals surface area (Å²) < 4.78 is 6.94. The Morgan fingerprint density at radius 2 is 1.95 bits per heavy atom. The minimum atomic E-state index is -0.491. The maximum atomic E-state index is 11.9. The molecule has 110 valence electrons. The van der Waals surface area contributed by atoms with Crippen LogP contribution in [0.4, 0.5) is 0 Å². The molecule has 0 atom stereocenters. The molecule has 0 unspecified atom stereocenters. The molecule has 0 saturated carbocycles. The fraction of sp³-hybridized carbons (Fsp3) is 0.385. The van der Waals surface area contributed by atoms with E-state index in [9.17, 15) is 9.59 Å². The number of hydrogen-bond acceptors (Lipinski definition) is 5. The molecule has 0 amide bonds. The summed E-state index contributed by atoms with van der Waals surface area (Å²) in [5.74, 6) is 1.38. The SMILES string of the molecule is CCCn1c(=O)[nH]c(=O)c2[nH]c(-c3oc(C)nc3C)nc21. The number of nitrogens with one attached hydrogen (secondary N) is 2. The zero-order valence-corrected chi connectivity index (χ0v) is 12.0. The highest BCUT2D eigenvalue weighted by Crippen LogP contribution is 2.22. The highest BCUT2D eigenvalue weighted by molar-refractivity contribution is 5.74. The van der Waals surface area contributed by atoms with Gasteiger partial charge in [0.1, 0.15) is 5.52 Å². The van der Waals surface area contributed by atoms with Crippen molar-refractivity contribution >= 4 is 11.2 Å². The number of H-pyrrole nitrogens is 2. The van der Waals surface area contributed by atoms with Crippen molar-refractivity contribution in [2.24, 2.45) is 0 Å². The third kappa shape index (κ3) is 2.08. The Hall–Kier alpha value is -2.64. The van der Waals surface area contributed by atoms with Crippen LogP contribution in [0.25, 0.3) is 22.7 Å². The Balaban J connectivity index is 2.31. The van der Waals surface area contributed by atoms with Gasteiger partial charge in [0.2, 0.25) is 0 Å². The largest absolute Gasteiger partial charge is 0.437 e. The van der Waals surface area contributed by atoms with Gasteiger partial charge in [-0.25, -0.2) is 14.8 Å². The van der Waals surface area contributed by atoms with E-state index in [2.05, 4.69) is 19.9 Å². The van der Waals surface area contributed by atoms with Gasteiger partial charge in [0, 0.05) is 13.5 Å². The molecular weight excluding hydrogens is 274 g/mol. The molecular formula is C13H15N5O3. The third-order valence-corrected chi connectivity index (χ3v) is 3.20. The summed E-state index contributed by atoms with van der Waals surface area (Å²) in [7, 11) is 0. The summed E-state index contributed by atoms with van der Waals surface area (Å²) in [6, 6.07) is 0. The second-order valence-electron chi connectivity index (χ2n) is 4.84. The number of aromatic amines is 2. The summed E-state index contributed by atoms with van der Waals surface area (Å²) in [6.45, 7) is 5.95. The smallest absolute Gasteiger partial charge is 0.330 e. The standard InChI is InChI=1S/C13H15N5O3/c1-4-5-18-11-8(12(19)17-13(18)20)15-10(16-11)9-6(2)14-7(3)21-9/h4-5H2,1-3H3,(H,15,16)(H,17,19,20). The number of imidazole rings is 1. The van der Waals surface area contributed by atoms with Gasteiger partial charge in [-0.1, -0.05) is 6.92 Å². The Bertz CT molecular complexity index is 928. The maximum absolute atomic E-state index is 11.9. The fourth-order valence-electron chi connectivity index (χ4n) is 2.33. The Kier molecular flexibility index (Phi) is 3.00. The van der Waals surface area contributed by atoms with Crippen molar-refractivity contribution < 1.29 is 4.42 Å². The van der Waals surface area contributed by atoms with E-state index >= 15 is 0 Å². The molecule has 0 fully saturated rings. The molecule has 3 aromatic rings. The molecule has 3 rings (SSSR count). The zero-order valence-electron chi connectivity index (χ0n) is 12.0. The molecule has 0 spiro atoms. The predicted octanol–water partition coefficient (Wildman–Crippen LogP) is 1.09. The molecule has 8 nitrogen and oxygen atoms in total. The fourth-order valence-corrected chi connectivity index (χ4v) is 2.33. The molecule has 21 heavy (non-hydrogen) atoms. The second kappa shape index (κ2) is 4.72. The Morgan fingerprint density at radius 3 is 2.57 bits per heavy atom. The van der Waals surface area contributed by atoms with E-state index in [-0.39, 0.29) is 5.52 Å². The van der Waals surface area contributed by atoms with Crippen molar-refractivity contribution in [2.45, 2.75) is 33.7 Å². The van der Waals surface area contributed by atoms with Crippen LogP contribution in [0.5, 0.6) is 0 Å².